The molecule has 2 atom stereocenters. The van der Waals surface area contributed by atoms with Gasteiger partial charge in [-0.2, -0.15) is 0 Å². The molecule has 0 fully saturated rings. The number of carbonyl (C=O) groups is 1. The topological polar surface area (TPSA) is 104 Å². The van der Waals surface area contributed by atoms with Crippen LogP contribution in [-0.4, -0.2) is 21.3 Å². The van der Waals surface area contributed by atoms with Crippen molar-refractivity contribution in [3.63, 3.8) is 0 Å². The van der Waals surface area contributed by atoms with E-state index in [1.165, 1.54) is 6.07 Å². The van der Waals surface area contributed by atoms with Crippen molar-refractivity contribution in [1.82, 2.24) is 0 Å². The number of hydrogen-bond acceptors (Lipinski definition) is 4. The minimum Gasteiger partial charge on any atom is -0.507 e. The molecule has 1 aliphatic carbocycles. The largest absolute Gasteiger partial charge is 0.507 e. The first-order chi connectivity index (χ1) is 12.6. The maximum atomic E-state index is 11.9. The number of unbranched alkanes of at least 4 members (excludes halogenated alkanes) is 2. The van der Waals surface area contributed by atoms with Gasteiger partial charge >= 0.3 is 5.97 Å². The number of benzene rings is 1. The first-order valence-corrected chi connectivity index (χ1v) is 9.57. The van der Waals surface area contributed by atoms with Gasteiger partial charge in [0.15, 0.2) is 0 Å². The molecule has 0 aromatic heterocycles. The van der Waals surface area contributed by atoms with E-state index in [9.17, 15) is 20.1 Å². The number of aromatic hydroxyl groups is 2. The summed E-state index contributed by atoms with van der Waals surface area (Å²) in [4.78, 5) is 11.9. The minimum atomic E-state index is -1.22. The van der Waals surface area contributed by atoms with Crippen molar-refractivity contribution in [3.05, 3.63) is 46.6 Å². The fraction of sp³-hybridized carbons (Fsp3) is 0.500. The summed E-state index contributed by atoms with van der Waals surface area (Å²) in [6.07, 6.45) is 6.61. The van der Waals surface area contributed by atoms with Gasteiger partial charge in [-0.25, -0.2) is 4.79 Å². The van der Waals surface area contributed by atoms with E-state index in [0.29, 0.717) is 12.0 Å². The molecule has 0 unspecified atom stereocenters. The van der Waals surface area contributed by atoms with Gasteiger partial charge in [0.25, 0.3) is 0 Å². The van der Waals surface area contributed by atoms with Crippen LogP contribution in [0.15, 0.2) is 29.9 Å². The molecule has 2 rings (SSSR count). The number of rotatable bonds is 7. The van der Waals surface area contributed by atoms with E-state index >= 15 is 0 Å². The molecule has 0 saturated carbocycles. The van der Waals surface area contributed by atoms with Gasteiger partial charge < -0.3 is 21.1 Å². The number of nitrogens with two attached hydrogens (primary N) is 1. The number of carboxylic acids is 1. The van der Waals surface area contributed by atoms with Gasteiger partial charge in [0.1, 0.15) is 17.1 Å². The summed E-state index contributed by atoms with van der Waals surface area (Å²) < 4.78 is 0. The second-order valence-corrected chi connectivity index (χ2v) is 7.78. The maximum absolute atomic E-state index is 11.9. The zero-order valence-electron chi connectivity index (χ0n) is 16.5. The van der Waals surface area contributed by atoms with E-state index in [-0.39, 0.29) is 22.8 Å². The van der Waals surface area contributed by atoms with E-state index in [4.69, 9.17) is 5.73 Å². The van der Waals surface area contributed by atoms with Crippen LogP contribution in [-0.2, 0) is 12.0 Å². The molecule has 0 spiro atoms. The number of phenols is 2. The predicted molar refractivity (Wildman–Crippen MR) is 107 cm³/mol. The van der Waals surface area contributed by atoms with Gasteiger partial charge in [-0.1, -0.05) is 43.6 Å². The Kier molecular flexibility index (Phi) is 6.37. The summed E-state index contributed by atoms with van der Waals surface area (Å²) in [5, 5.41) is 31.4. The minimum absolute atomic E-state index is 0.0752. The lowest BCUT2D eigenvalue weighted by molar-refractivity contribution is 0.0692. The summed E-state index contributed by atoms with van der Waals surface area (Å²) in [5.41, 5.74) is 7.73. The van der Waals surface area contributed by atoms with Crippen LogP contribution in [0.25, 0.3) is 0 Å². The molecule has 0 saturated heterocycles. The Morgan fingerprint density at radius 1 is 1.37 bits per heavy atom. The van der Waals surface area contributed by atoms with Gasteiger partial charge in [0.05, 0.1) is 11.1 Å². The summed E-state index contributed by atoms with van der Waals surface area (Å²) in [7, 11) is 0. The van der Waals surface area contributed by atoms with Gasteiger partial charge in [0, 0.05) is 5.92 Å². The van der Waals surface area contributed by atoms with Crippen molar-refractivity contribution in [2.45, 2.75) is 64.8 Å². The third-order valence-corrected chi connectivity index (χ3v) is 5.54. The van der Waals surface area contributed by atoms with Crippen molar-refractivity contribution >= 4 is 5.97 Å². The van der Waals surface area contributed by atoms with Crippen LogP contribution in [0.5, 0.6) is 11.5 Å². The molecule has 1 aliphatic rings. The molecule has 1 aromatic rings. The van der Waals surface area contributed by atoms with Crippen LogP contribution in [0.1, 0.15) is 74.4 Å². The Hall–Kier alpha value is -2.27. The number of allylic oxidation sites excluding steroid dienone is 1. The highest BCUT2D eigenvalue weighted by molar-refractivity contribution is 5.94. The van der Waals surface area contributed by atoms with Gasteiger partial charge in [0.2, 0.25) is 0 Å². The van der Waals surface area contributed by atoms with Crippen molar-refractivity contribution in [2.75, 3.05) is 0 Å². The summed E-state index contributed by atoms with van der Waals surface area (Å²) in [6.45, 7) is 9.89. The molecule has 1 aromatic carbocycles. The normalized spacial score (nSPS) is 22.4. The average Bonchev–Trinajstić information content (AvgIpc) is 2.53. The Balaban J connectivity index is 2.69. The van der Waals surface area contributed by atoms with Crippen LogP contribution < -0.4 is 5.73 Å². The number of carboxylic acid groups (broad SMARTS) is 1. The molecule has 5 nitrogen and oxygen atoms in total. The van der Waals surface area contributed by atoms with E-state index < -0.39 is 17.3 Å². The molecule has 0 amide bonds. The lowest BCUT2D eigenvalue weighted by Gasteiger charge is -2.41. The van der Waals surface area contributed by atoms with Gasteiger partial charge in [-0.05, 0) is 51.2 Å². The molecular weight excluding hydrogens is 342 g/mol. The fourth-order valence-corrected chi connectivity index (χ4v) is 4.23. The highest BCUT2D eigenvalue weighted by Gasteiger charge is 2.43. The summed E-state index contributed by atoms with van der Waals surface area (Å²) in [6, 6.07) is 1.45. The standard InChI is InChI=1S/C22H31NO4/c1-5-6-7-8-15-11-17(24)19(20(25)18(15)21(26)27)22(23)12-14(4)9-10-16(22)13(2)3/h11-12,16,24-25H,2,5-10,23H2,1,3-4H3,(H,26,27)/t16-,22-/m0/s1. The average molecular weight is 373 g/mol. The zero-order chi connectivity index (χ0) is 20.4. The Morgan fingerprint density at radius 3 is 2.59 bits per heavy atom. The molecule has 0 bridgehead atoms. The molecule has 5 heteroatoms. The Bertz CT molecular complexity index is 781. The fourth-order valence-electron chi connectivity index (χ4n) is 4.23. The first-order valence-electron chi connectivity index (χ1n) is 9.57. The second kappa shape index (κ2) is 8.17. The van der Waals surface area contributed by atoms with E-state index in [2.05, 4.69) is 13.5 Å². The SMILES string of the molecule is C=C(C)[C@@H]1CCC(C)=C[C@@]1(N)c1c(O)cc(CCCCC)c(C(=O)O)c1O. The number of aromatic carboxylic acids is 1. The second-order valence-electron chi connectivity index (χ2n) is 7.78. The number of hydrogen-bond donors (Lipinski definition) is 4. The smallest absolute Gasteiger partial charge is 0.339 e. The van der Waals surface area contributed by atoms with Gasteiger partial charge in [-0.15, -0.1) is 0 Å². The zero-order valence-corrected chi connectivity index (χ0v) is 16.5. The maximum Gasteiger partial charge on any atom is 0.339 e. The quantitative estimate of drug-likeness (QED) is 0.412. The number of aryl methyl sites for hydroxylation is 1. The van der Waals surface area contributed by atoms with Crippen LogP contribution in [0.3, 0.4) is 0 Å². The van der Waals surface area contributed by atoms with Crippen molar-refractivity contribution < 1.29 is 20.1 Å². The van der Waals surface area contributed by atoms with Crippen molar-refractivity contribution in [1.29, 1.82) is 0 Å². The van der Waals surface area contributed by atoms with Crippen molar-refractivity contribution in [3.8, 4) is 11.5 Å². The first kappa shape index (κ1) is 21.0. The third kappa shape index (κ3) is 4.03. The molecule has 148 valence electrons. The van der Waals surface area contributed by atoms with Crippen LogP contribution in [0.2, 0.25) is 0 Å². The number of phenolic OH excluding ortho intramolecular Hbond substituents is 1. The summed E-state index contributed by atoms with van der Waals surface area (Å²) >= 11 is 0. The highest BCUT2D eigenvalue weighted by atomic mass is 16.4. The molecular formula is C22H31NO4. The Morgan fingerprint density at radius 2 is 2.04 bits per heavy atom. The molecule has 27 heavy (non-hydrogen) atoms. The monoisotopic (exact) mass is 373 g/mol. The lowest BCUT2D eigenvalue weighted by atomic mass is 9.68. The summed E-state index contributed by atoms with van der Waals surface area (Å²) in [5.74, 6) is -2.02. The Labute approximate surface area is 161 Å². The molecule has 0 aliphatic heterocycles. The predicted octanol–water partition coefficient (Wildman–Crippen LogP) is 4.62. The van der Waals surface area contributed by atoms with Gasteiger partial charge in [-0.3, -0.25) is 0 Å². The van der Waals surface area contributed by atoms with E-state index in [0.717, 1.165) is 43.3 Å². The highest BCUT2D eigenvalue weighted by Crippen LogP contribution is 2.49. The van der Waals surface area contributed by atoms with E-state index in [1.807, 2.05) is 19.9 Å². The van der Waals surface area contributed by atoms with Crippen LogP contribution >= 0.6 is 0 Å². The van der Waals surface area contributed by atoms with E-state index in [1.54, 1.807) is 0 Å². The molecule has 5 N–H and O–H groups in total. The lowest BCUT2D eigenvalue weighted by Crippen LogP contribution is -2.45. The third-order valence-electron chi connectivity index (χ3n) is 5.54. The van der Waals surface area contributed by atoms with Crippen molar-refractivity contribution in [2.24, 2.45) is 11.7 Å². The van der Waals surface area contributed by atoms with Crippen LogP contribution in [0.4, 0.5) is 0 Å². The van der Waals surface area contributed by atoms with Crippen LogP contribution in [0, 0.1) is 5.92 Å². The molecule has 0 heterocycles. The molecule has 0 radical (unpaired) electrons.